The number of hydrogen-bond donors (Lipinski definition) is 2. The van der Waals surface area contributed by atoms with Crippen LogP contribution in [0.3, 0.4) is 0 Å². The number of nitrogens with zero attached hydrogens (tertiary/aromatic N) is 5. The Morgan fingerprint density at radius 3 is 1.72 bits per heavy atom. The molecule has 11 nitrogen and oxygen atoms in total. The van der Waals surface area contributed by atoms with E-state index in [4.69, 9.17) is 40.1 Å². The number of ether oxygens (including phenoxy) is 1. The average Bonchev–Trinajstić information content (AvgIpc) is 3.75. The van der Waals surface area contributed by atoms with Crippen molar-refractivity contribution in [2.24, 2.45) is 9.98 Å². The van der Waals surface area contributed by atoms with E-state index >= 15 is 0 Å². The van der Waals surface area contributed by atoms with Crippen LogP contribution in [0.1, 0.15) is 123 Å². The molecule has 72 heavy (non-hydrogen) atoms. The lowest BCUT2D eigenvalue weighted by molar-refractivity contribution is -0.528. The van der Waals surface area contributed by atoms with Gasteiger partial charge < -0.3 is 25.2 Å². The summed E-state index contributed by atoms with van der Waals surface area (Å²) in [5, 5.41) is 17.0. The van der Waals surface area contributed by atoms with Crippen molar-refractivity contribution in [3.63, 3.8) is 0 Å². The molecule has 1 fully saturated rings. The first-order chi connectivity index (χ1) is 34.5. The molecule has 0 spiro atoms. The van der Waals surface area contributed by atoms with Crippen LogP contribution in [-0.2, 0) is 38.9 Å². The second-order valence-corrected chi connectivity index (χ2v) is 18.6. The van der Waals surface area contributed by atoms with Gasteiger partial charge in [-0.2, -0.15) is 4.84 Å². The number of nitrogens with one attached hydrogen (secondary N) is 2. The number of allylic oxidation sites excluding steroid dienone is 7. The molecular weight excluding hydrogens is 895 g/mol. The van der Waals surface area contributed by atoms with E-state index in [0.717, 1.165) is 74.5 Å². The number of aliphatic imine (C=N–C) groups is 2. The number of likely N-dealkylation sites (tertiary alicyclic amines) is 1. The van der Waals surface area contributed by atoms with Crippen molar-refractivity contribution in [1.29, 1.82) is 10.8 Å². The predicted octanol–water partition coefficient (Wildman–Crippen LogP) is 14.6. The number of hydrogen-bond acceptors (Lipinski definition) is 11. The lowest BCUT2D eigenvalue weighted by Crippen LogP contribution is -2.31. The summed E-state index contributed by atoms with van der Waals surface area (Å²) in [6.45, 7) is 30.4. The molecule has 5 rings (SSSR count). The second-order valence-electron chi connectivity index (χ2n) is 18.6. The highest BCUT2D eigenvalue weighted by Gasteiger charge is 2.24. The molecule has 2 N–H and O–H groups in total. The first kappa shape index (κ1) is 60.1. The third kappa shape index (κ3) is 26.3. The Balaban J connectivity index is 0.00000138. The Labute approximate surface area is 433 Å². The normalized spacial score (nSPS) is 15.8. The first-order valence-corrected chi connectivity index (χ1v) is 25.5. The molecule has 11 heteroatoms. The summed E-state index contributed by atoms with van der Waals surface area (Å²) in [7, 11) is 0. The molecule has 1 aliphatic heterocycles. The minimum absolute atomic E-state index is 0.0751. The highest BCUT2D eigenvalue weighted by Crippen LogP contribution is 2.21. The largest absolute Gasteiger partial charge is 0.467 e. The number of rotatable bonds is 25. The van der Waals surface area contributed by atoms with Crippen LogP contribution in [0.5, 0.6) is 0 Å². The van der Waals surface area contributed by atoms with Gasteiger partial charge in [-0.25, -0.2) is 0 Å². The molecule has 1 aliphatic rings. The van der Waals surface area contributed by atoms with Crippen LogP contribution in [0.25, 0.3) is 0 Å². The lowest BCUT2D eigenvalue weighted by Gasteiger charge is -2.26. The van der Waals surface area contributed by atoms with Crippen molar-refractivity contribution in [2.75, 3.05) is 19.6 Å². The molecular formula is C61H85N7O4. The smallest absolute Gasteiger partial charge is 0.228 e. The highest BCUT2D eigenvalue weighted by atomic mass is 17.2. The monoisotopic (exact) mass is 980 g/mol. The summed E-state index contributed by atoms with van der Waals surface area (Å²) in [4.78, 5) is 33.3. The van der Waals surface area contributed by atoms with Crippen LogP contribution in [-0.4, -0.2) is 76.0 Å². The minimum atomic E-state index is -0.902. The summed E-state index contributed by atoms with van der Waals surface area (Å²) in [6, 6.07) is 40.4. The Hall–Kier alpha value is -6.24. The standard InChI is InChI=1S/C52H71N7O4.C7H8.C2H6/c1-38-21-23-50(24-22-38)36-57(34-48-17-13-11-14-18-48)27-25-42(5)55-43(6)32-45(8)60-52(30-39(2)29-40(3)53)63-59(61-46(9)31-41(4)54)62-47(10)33-44(7)56-51-26-28-58(37-51)35-49-19-15-12-16-20-49;1-7-5-3-2-4-6-7;1-2/h11-24,29,31-33,42,51-54H,25-28,30,34-37H2,1-10H3;2-6H,1H3;1-2H3/b39-29-,45-32-,46-31-,47-33-,53-40?,54-41?,55-43?,56-44?;;. The van der Waals surface area contributed by atoms with Crippen LogP contribution in [0.4, 0.5) is 0 Å². The summed E-state index contributed by atoms with van der Waals surface area (Å²) < 4.78 is 6.42. The minimum Gasteiger partial charge on any atom is -0.467 e. The maximum Gasteiger partial charge on any atom is 0.228 e. The van der Waals surface area contributed by atoms with E-state index < -0.39 is 6.29 Å². The average molecular weight is 980 g/mol. The Morgan fingerprint density at radius 2 is 1.17 bits per heavy atom. The summed E-state index contributed by atoms with van der Waals surface area (Å²) in [6.07, 6.45) is 8.40. The van der Waals surface area contributed by atoms with Crippen molar-refractivity contribution in [3.05, 3.63) is 190 Å². The Kier molecular flexibility index (Phi) is 27.9. The predicted molar refractivity (Wildman–Crippen MR) is 301 cm³/mol. The molecule has 4 aromatic carbocycles. The maximum atomic E-state index is 8.05. The van der Waals surface area contributed by atoms with E-state index in [9.17, 15) is 0 Å². The van der Waals surface area contributed by atoms with Crippen molar-refractivity contribution < 1.29 is 19.2 Å². The Morgan fingerprint density at radius 1 is 0.653 bits per heavy atom. The van der Waals surface area contributed by atoms with E-state index in [1.807, 2.05) is 84.9 Å². The fraction of sp³-hybridized carbons (Fsp3) is 0.410. The maximum absolute atomic E-state index is 8.05. The molecule has 4 aromatic rings. The van der Waals surface area contributed by atoms with Crippen molar-refractivity contribution in [3.8, 4) is 0 Å². The van der Waals surface area contributed by atoms with Gasteiger partial charge in [0.25, 0.3) is 0 Å². The van der Waals surface area contributed by atoms with E-state index in [1.54, 1.807) is 32.9 Å². The van der Waals surface area contributed by atoms with Crippen LogP contribution in [0.2, 0.25) is 0 Å². The van der Waals surface area contributed by atoms with Crippen LogP contribution >= 0.6 is 0 Å². The lowest BCUT2D eigenvalue weighted by atomic mass is 10.1. The zero-order valence-electron chi connectivity index (χ0n) is 45.7. The highest BCUT2D eigenvalue weighted by molar-refractivity contribution is 5.93. The van der Waals surface area contributed by atoms with E-state index in [1.165, 1.54) is 27.8 Å². The molecule has 3 unspecified atom stereocenters. The molecule has 0 amide bonds. The summed E-state index contributed by atoms with van der Waals surface area (Å²) in [5.74, 6) is 1.46. The van der Waals surface area contributed by atoms with Crippen LogP contribution in [0, 0.1) is 24.7 Å². The number of aryl methyl sites for hydroxylation is 2. The van der Waals surface area contributed by atoms with E-state index in [-0.39, 0.29) is 12.1 Å². The SMILES string of the molecule is CC.CC(=N)/C=C(/C)CC(O/C(C)=C\C(C)=NC(C)CCN(Cc1ccccc1)Cc1ccc(C)cc1)ON(O/C(C)=C\C(C)=N)O/C(C)=C\C(C)=NC1CCN(Cc2ccccc2)C1.Cc1ccccc1. The molecule has 1 saturated heterocycles. The van der Waals surface area contributed by atoms with E-state index in [0.29, 0.717) is 35.1 Å². The van der Waals surface area contributed by atoms with Crippen LogP contribution < -0.4 is 0 Å². The summed E-state index contributed by atoms with van der Waals surface area (Å²) in [5.41, 5.74) is 9.73. The van der Waals surface area contributed by atoms with Crippen molar-refractivity contribution >= 4 is 22.8 Å². The molecule has 0 aliphatic carbocycles. The fourth-order valence-corrected chi connectivity index (χ4v) is 7.96. The molecule has 0 saturated carbocycles. The molecule has 0 bridgehead atoms. The van der Waals surface area contributed by atoms with Gasteiger partial charge in [0, 0.05) is 74.6 Å². The van der Waals surface area contributed by atoms with Gasteiger partial charge in [-0.05, 0) is 130 Å². The second kappa shape index (κ2) is 33.4. The van der Waals surface area contributed by atoms with Crippen LogP contribution in [0.15, 0.2) is 172 Å². The molecule has 388 valence electrons. The zero-order chi connectivity index (χ0) is 52.8. The third-order valence-electron chi connectivity index (χ3n) is 11.0. The molecule has 0 radical (unpaired) electrons. The zero-order valence-corrected chi connectivity index (χ0v) is 45.7. The van der Waals surface area contributed by atoms with Gasteiger partial charge in [-0.3, -0.25) is 19.8 Å². The fourth-order valence-electron chi connectivity index (χ4n) is 7.96. The van der Waals surface area contributed by atoms with E-state index in [2.05, 4.69) is 122 Å². The molecule has 1 heterocycles. The van der Waals surface area contributed by atoms with Gasteiger partial charge in [0.2, 0.25) is 6.29 Å². The Bertz CT molecular complexity index is 2390. The van der Waals surface area contributed by atoms with Gasteiger partial charge in [-0.1, -0.05) is 146 Å². The number of benzene rings is 4. The van der Waals surface area contributed by atoms with Crippen molar-refractivity contribution in [1.82, 2.24) is 15.2 Å². The summed E-state index contributed by atoms with van der Waals surface area (Å²) >= 11 is 0. The van der Waals surface area contributed by atoms with Gasteiger partial charge in [0.15, 0.2) is 5.39 Å². The van der Waals surface area contributed by atoms with Crippen molar-refractivity contribution in [2.45, 2.75) is 147 Å². The quantitative estimate of drug-likeness (QED) is 0.0294. The molecule has 3 atom stereocenters. The third-order valence-corrected chi connectivity index (χ3v) is 11.0. The van der Waals surface area contributed by atoms with Gasteiger partial charge in [0.05, 0.1) is 11.8 Å². The molecule has 0 aromatic heterocycles. The van der Waals surface area contributed by atoms with Gasteiger partial charge in [0.1, 0.15) is 11.5 Å². The first-order valence-electron chi connectivity index (χ1n) is 25.5. The van der Waals surface area contributed by atoms with Gasteiger partial charge >= 0.3 is 0 Å². The van der Waals surface area contributed by atoms with Gasteiger partial charge in [-0.15, -0.1) is 0 Å². The topological polar surface area (TPSA) is 119 Å².